The number of aromatic nitrogens is 2. The highest BCUT2D eigenvalue weighted by Gasteiger charge is 2.14. The fourth-order valence-corrected chi connectivity index (χ4v) is 4.41. The van der Waals surface area contributed by atoms with Crippen LogP contribution in [0, 0.1) is 12.3 Å². The van der Waals surface area contributed by atoms with Gasteiger partial charge in [-0.2, -0.15) is 0 Å². The molecule has 194 valence electrons. The molecule has 0 aliphatic heterocycles. The minimum absolute atomic E-state index is 0.0288. The highest BCUT2D eigenvalue weighted by atomic mass is 35.5. The molecule has 8 nitrogen and oxygen atoms in total. The van der Waals surface area contributed by atoms with Gasteiger partial charge >= 0.3 is 0 Å². The summed E-state index contributed by atoms with van der Waals surface area (Å²) in [6.45, 7) is 2.20. The van der Waals surface area contributed by atoms with Crippen LogP contribution < -0.4 is 22.2 Å². The van der Waals surface area contributed by atoms with Gasteiger partial charge in [-0.3, -0.25) is 14.4 Å². The zero-order valence-electron chi connectivity index (χ0n) is 20.5. The molecule has 2 aromatic carbocycles. The normalized spacial score (nSPS) is 10.8. The SMILES string of the molecule is Cc1ccc(N)c(C(=N)CNC(=O)c2ccc(=O)n(Cc3cc(Cl)c(Cn4ccccc4=O)cc3Cl)c2)c1. The Labute approximate surface area is 228 Å². The van der Waals surface area contributed by atoms with Crippen LogP contribution in [0.25, 0.3) is 0 Å². The van der Waals surface area contributed by atoms with Crippen molar-refractivity contribution >= 4 is 40.5 Å². The highest BCUT2D eigenvalue weighted by Crippen LogP contribution is 2.26. The van der Waals surface area contributed by atoms with Crippen LogP contribution in [0.3, 0.4) is 0 Å². The van der Waals surface area contributed by atoms with Crippen LogP contribution in [0.5, 0.6) is 0 Å². The number of pyridine rings is 2. The first-order valence-electron chi connectivity index (χ1n) is 11.7. The van der Waals surface area contributed by atoms with E-state index in [0.29, 0.717) is 32.4 Å². The second kappa shape index (κ2) is 11.5. The van der Waals surface area contributed by atoms with Crippen LogP contribution in [0.1, 0.15) is 32.6 Å². The molecule has 4 N–H and O–H groups in total. The molecule has 2 heterocycles. The molecule has 38 heavy (non-hydrogen) atoms. The third-order valence-corrected chi connectivity index (χ3v) is 6.70. The number of hydrogen-bond donors (Lipinski definition) is 3. The van der Waals surface area contributed by atoms with Crippen LogP contribution in [-0.2, 0) is 13.1 Å². The van der Waals surface area contributed by atoms with Gasteiger partial charge in [0.05, 0.1) is 30.9 Å². The fourth-order valence-electron chi connectivity index (χ4n) is 3.92. The molecule has 0 spiro atoms. The average molecular weight is 550 g/mol. The molecular weight excluding hydrogens is 525 g/mol. The third-order valence-electron chi connectivity index (χ3n) is 6.00. The van der Waals surface area contributed by atoms with Gasteiger partial charge in [-0.1, -0.05) is 40.9 Å². The number of amides is 1. The quantitative estimate of drug-likeness (QED) is 0.226. The van der Waals surface area contributed by atoms with E-state index >= 15 is 0 Å². The van der Waals surface area contributed by atoms with Gasteiger partial charge < -0.3 is 25.6 Å². The Morgan fingerprint density at radius 2 is 1.58 bits per heavy atom. The van der Waals surface area contributed by atoms with Crippen LogP contribution in [0.2, 0.25) is 10.0 Å². The number of halogens is 2. The van der Waals surface area contributed by atoms with E-state index in [1.807, 2.05) is 13.0 Å². The summed E-state index contributed by atoms with van der Waals surface area (Å²) in [7, 11) is 0. The summed E-state index contributed by atoms with van der Waals surface area (Å²) in [6, 6.07) is 16.3. The van der Waals surface area contributed by atoms with Gasteiger partial charge in [0.2, 0.25) is 0 Å². The van der Waals surface area contributed by atoms with Crippen molar-refractivity contribution in [1.29, 1.82) is 5.41 Å². The van der Waals surface area contributed by atoms with Crippen LogP contribution in [0.15, 0.2) is 82.6 Å². The summed E-state index contributed by atoms with van der Waals surface area (Å²) in [5.74, 6) is -0.442. The number of anilines is 1. The van der Waals surface area contributed by atoms with Gasteiger partial charge in [-0.25, -0.2) is 0 Å². The van der Waals surface area contributed by atoms with E-state index in [9.17, 15) is 14.4 Å². The molecule has 0 saturated carbocycles. The molecule has 0 fully saturated rings. The number of benzene rings is 2. The largest absolute Gasteiger partial charge is 0.398 e. The van der Waals surface area contributed by atoms with Gasteiger partial charge in [0.25, 0.3) is 17.0 Å². The van der Waals surface area contributed by atoms with Crippen LogP contribution >= 0.6 is 23.2 Å². The van der Waals surface area contributed by atoms with E-state index in [0.717, 1.165) is 5.56 Å². The van der Waals surface area contributed by atoms with Crippen molar-refractivity contribution in [2.45, 2.75) is 20.0 Å². The Morgan fingerprint density at radius 3 is 2.26 bits per heavy atom. The van der Waals surface area contributed by atoms with Gasteiger partial charge in [-0.05, 0) is 54.4 Å². The fraction of sp³-hybridized carbons (Fsp3) is 0.143. The zero-order chi connectivity index (χ0) is 27.4. The first-order chi connectivity index (χ1) is 18.1. The monoisotopic (exact) mass is 549 g/mol. The number of nitrogen functional groups attached to an aromatic ring is 1. The van der Waals surface area contributed by atoms with E-state index in [4.69, 9.17) is 34.3 Å². The molecule has 4 rings (SSSR count). The lowest BCUT2D eigenvalue weighted by molar-refractivity contribution is 0.0958. The molecule has 0 aliphatic carbocycles. The zero-order valence-corrected chi connectivity index (χ0v) is 22.0. The lowest BCUT2D eigenvalue weighted by Gasteiger charge is -2.14. The van der Waals surface area contributed by atoms with Crippen LogP contribution in [-0.4, -0.2) is 27.3 Å². The Kier molecular flexibility index (Phi) is 8.14. The lowest BCUT2D eigenvalue weighted by atomic mass is 10.0. The Morgan fingerprint density at radius 1 is 0.921 bits per heavy atom. The number of rotatable bonds is 8. The number of hydrogen-bond acceptors (Lipinski definition) is 5. The van der Waals surface area contributed by atoms with Gasteiger partial charge in [0.15, 0.2) is 0 Å². The summed E-state index contributed by atoms with van der Waals surface area (Å²) in [4.78, 5) is 37.4. The first kappa shape index (κ1) is 26.9. The maximum absolute atomic E-state index is 12.8. The average Bonchev–Trinajstić information content (AvgIpc) is 2.89. The minimum Gasteiger partial charge on any atom is -0.398 e. The molecule has 4 aromatic rings. The third kappa shape index (κ3) is 6.22. The number of aryl methyl sites for hydroxylation is 1. The number of nitrogens with two attached hydrogens (primary N) is 1. The molecule has 0 atom stereocenters. The Bertz CT molecular complexity index is 1660. The summed E-state index contributed by atoms with van der Waals surface area (Å²) in [5.41, 5.74) is 9.11. The van der Waals surface area contributed by atoms with Crippen molar-refractivity contribution in [3.05, 3.63) is 132 Å². The second-order valence-electron chi connectivity index (χ2n) is 8.84. The molecule has 0 unspecified atom stereocenters. The van der Waals surface area contributed by atoms with Crippen molar-refractivity contribution in [3.63, 3.8) is 0 Å². The Hall–Kier alpha value is -4.14. The smallest absolute Gasteiger partial charge is 0.253 e. The lowest BCUT2D eigenvalue weighted by Crippen LogP contribution is -2.31. The standard InChI is InChI=1S/C28H25Cl2N5O3/c1-17-5-7-24(31)21(10-17)25(32)13-33-28(38)18-6-8-27(37)35(14-18)16-20-12-22(29)19(11-23(20)30)15-34-9-3-2-4-26(34)36/h2-12,14,32H,13,15-16,31H2,1H3,(H,33,38). The predicted molar refractivity (Wildman–Crippen MR) is 151 cm³/mol. The molecule has 10 heteroatoms. The molecule has 0 aliphatic rings. The summed E-state index contributed by atoms with van der Waals surface area (Å²) < 4.78 is 2.87. The first-order valence-corrected chi connectivity index (χ1v) is 12.4. The van der Waals surface area contributed by atoms with E-state index in [1.165, 1.54) is 33.5 Å². The topological polar surface area (TPSA) is 123 Å². The number of nitrogens with zero attached hydrogens (tertiary/aromatic N) is 2. The second-order valence-corrected chi connectivity index (χ2v) is 9.65. The maximum Gasteiger partial charge on any atom is 0.253 e. The van der Waals surface area contributed by atoms with Gasteiger partial charge in [0.1, 0.15) is 0 Å². The van der Waals surface area contributed by atoms with Crippen LogP contribution in [0.4, 0.5) is 5.69 Å². The molecule has 0 saturated heterocycles. The number of carbonyl (C=O) groups excluding carboxylic acids is 1. The van der Waals surface area contributed by atoms with Gasteiger partial charge in [-0.15, -0.1) is 0 Å². The minimum atomic E-state index is -0.442. The van der Waals surface area contributed by atoms with E-state index in [1.54, 1.807) is 42.6 Å². The van der Waals surface area contributed by atoms with E-state index in [2.05, 4.69) is 5.32 Å². The molecule has 0 bridgehead atoms. The summed E-state index contributed by atoms with van der Waals surface area (Å²) >= 11 is 13.0. The molecule has 2 aromatic heterocycles. The molecule has 1 amide bonds. The van der Waals surface area contributed by atoms with E-state index < -0.39 is 5.91 Å². The van der Waals surface area contributed by atoms with Gasteiger partial charge in [0, 0.05) is 45.8 Å². The molecule has 0 radical (unpaired) electrons. The number of carbonyl (C=O) groups is 1. The predicted octanol–water partition coefficient (Wildman–Crippen LogP) is 4.10. The summed E-state index contributed by atoms with van der Waals surface area (Å²) in [6.07, 6.45) is 3.10. The van der Waals surface area contributed by atoms with Crippen molar-refractivity contribution < 1.29 is 4.79 Å². The Balaban J connectivity index is 1.49. The van der Waals surface area contributed by atoms with Crippen molar-refractivity contribution in [2.75, 3.05) is 12.3 Å². The molecular formula is C28H25Cl2N5O3. The highest BCUT2D eigenvalue weighted by molar-refractivity contribution is 6.34. The van der Waals surface area contributed by atoms with E-state index in [-0.39, 0.29) is 42.0 Å². The van der Waals surface area contributed by atoms with Crippen molar-refractivity contribution in [2.24, 2.45) is 0 Å². The van der Waals surface area contributed by atoms with Crippen molar-refractivity contribution in [3.8, 4) is 0 Å². The van der Waals surface area contributed by atoms with Crippen molar-refractivity contribution in [1.82, 2.24) is 14.5 Å². The summed E-state index contributed by atoms with van der Waals surface area (Å²) in [5, 5.41) is 11.8. The maximum atomic E-state index is 12.8. The number of nitrogens with one attached hydrogen (secondary N) is 2.